The van der Waals surface area contributed by atoms with Crippen LogP contribution >= 0.6 is 23.4 Å². The lowest BCUT2D eigenvalue weighted by Gasteiger charge is -2.11. The van der Waals surface area contributed by atoms with Gasteiger partial charge in [0.05, 0.1) is 0 Å². The number of benzene rings is 2. The van der Waals surface area contributed by atoms with Crippen molar-refractivity contribution in [3.63, 3.8) is 0 Å². The molecule has 1 unspecified atom stereocenters. The summed E-state index contributed by atoms with van der Waals surface area (Å²) >= 11 is 7.57. The Kier molecular flexibility index (Phi) is 3.76. The van der Waals surface area contributed by atoms with Crippen molar-refractivity contribution in [3.8, 4) is 5.75 Å². The number of nitrogens with two attached hydrogens (primary N) is 1. The van der Waals surface area contributed by atoms with Crippen LogP contribution < -0.4 is 10.5 Å². The minimum absolute atomic E-state index is 0.0372. The Morgan fingerprint density at radius 2 is 2.15 bits per heavy atom. The molecule has 3 rings (SSSR count). The largest absolute Gasteiger partial charge is 0.489 e. The average Bonchev–Trinajstić information content (AvgIpc) is 2.81. The van der Waals surface area contributed by atoms with Crippen LogP contribution in [0, 0.1) is 5.82 Å². The summed E-state index contributed by atoms with van der Waals surface area (Å²) in [5.74, 6) is 1.30. The van der Waals surface area contributed by atoms with Gasteiger partial charge >= 0.3 is 0 Å². The van der Waals surface area contributed by atoms with E-state index in [9.17, 15) is 4.39 Å². The van der Waals surface area contributed by atoms with Crippen LogP contribution in [0.15, 0.2) is 41.3 Å². The molecule has 2 aromatic rings. The number of hydrogen-bond donors (Lipinski definition) is 1. The highest BCUT2D eigenvalue weighted by Crippen LogP contribution is 2.34. The van der Waals surface area contributed by atoms with Crippen molar-refractivity contribution in [3.05, 3.63) is 52.8 Å². The molecule has 20 heavy (non-hydrogen) atoms. The predicted octanol–water partition coefficient (Wildman–Crippen LogP) is 4.16. The lowest BCUT2D eigenvalue weighted by atomic mass is 10.1. The maximum atomic E-state index is 13.1. The molecule has 1 atom stereocenters. The molecule has 0 aliphatic carbocycles. The Morgan fingerprint density at radius 1 is 1.30 bits per heavy atom. The number of thioether (sulfide) groups is 1. The lowest BCUT2D eigenvalue weighted by Crippen LogP contribution is -2.15. The number of hydrogen-bond acceptors (Lipinski definition) is 3. The van der Waals surface area contributed by atoms with Crippen molar-refractivity contribution in [2.45, 2.75) is 17.4 Å². The highest BCUT2D eigenvalue weighted by atomic mass is 35.5. The van der Waals surface area contributed by atoms with Gasteiger partial charge in [0.25, 0.3) is 0 Å². The fourth-order valence-electron chi connectivity index (χ4n) is 2.20. The molecule has 1 aliphatic heterocycles. The minimum Gasteiger partial charge on any atom is -0.489 e. The van der Waals surface area contributed by atoms with E-state index >= 15 is 0 Å². The monoisotopic (exact) mass is 309 g/mol. The lowest BCUT2D eigenvalue weighted by molar-refractivity contribution is 0.259. The zero-order valence-corrected chi connectivity index (χ0v) is 12.2. The van der Waals surface area contributed by atoms with Gasteiger partial charge in [0.1, 0.15) is 17.7 Å². The molecule has 2 N–H and O–H groups in total. The summed E-state index contributed by atoms with van der Waals surface area (Å²) in [5.41, 5.74) is 7.54. The van der Waals surface area contributed by atoms with Crippen LogP contribution in [0.3, 0.4) is 0 Å². The fraction of sp³-hybridized carbons (Fsp3) is 0.200. The molecule has 0 radical (unpaired) electrons. The summed E-state index contributed by atoms with van der Waals surface area (Å²) < 4.78 is 18.9. The minimum atomic E-state index is -0.222. The molecule has 0 saturated carbocycles. The van der Waals surface area contributed by atoms with E-state index in [1.807, 2.05) is 6.07 Å². The molecule has 5 heteroatoms. The quantitative estimate of drug-likeness (QED) is 0.683. The Labute approximate surface area is 126 Å². The summed E-state index contributed by atoms with van der Waals surface area (Å²) in [7, 11) is 0. The molecule has 0 bridgehead atoms. The molecule has 0 spiro atoms. The second kappa shape index (κ2) is 5.54. The normalized spacial score (nSPS) is 16.8. The summed E-state index contributed by atoms with van der Waals surface area (Å²) in [6, 6.07) is 10.1. The Hall–Kier alpha value is -1.39. The number of fused-ring (bicyclic) bond motifs is 1. The van der Waals surface area contributed by atoms with Crippen LogP contribution in [0.5, 0.6) is 5.75 Å². The number of nitrogen functional groups attached to an aromatic ring is 1. The summed E-state index contributed by atoms with van der Waals surface area (Å²) in [6.45, 7) is 0. The van der Waals surface area contributed by atoms with Gasteiger partial charge in [0, 0.05) is 33.3 Å². The predicted molar refractivity (Wildman–Crippen MR) is 81.1 cm³/mol. The van der Waals surface area contributed by atoms with E-state index in [0.717, 1.165) is 28.4 Å². The smallest absolute Gasteiger partial charge is 0.123 e. The average molecular weight is 310 g/mol. The third-order valence-corrected chi connectivity index (χ3v) is 4.60. The molecule has 0 fully saturated rings. The SMILES string of the molecule is Nc1ccc(Cl)cc1SCC1Cc2cc(F)ccc2O1. The van der Waals surface area contributed by atoms with Crippen LogP contribution in [0.25, 0.3) is 0 Å². The van der Waals surface area contributed by atoms with Gasteiger partial charge in [0.2, 0.25) is 0 Å². The van der Waals surface area contributed by atoms with Gasteiger partial charge in [-0.3, -0.25) is 0 Å². The summed E-state index contributed by atoms with van der Waals surface area (Å²) in [5, 5.41) is 0.666. The topological polar surface area (TPSA) is 35.2 Å². The third-order valence-electron chi connectivity index (χ3n) is 3.16. The van der Waals surface area contributed by atoms with Crippen LogP contribution in [0.4, 0.5) is 10.1 Å². The molecule has 0 saturated heterocycles. The molecule has 0 amide bonds. The zero-order valence-electron chi connectivity index (χ0n) is 10.6. The molecule has 1 heterocycles. The van der Waals surface area contributed by atoms with E-state index in [1.165, 1.54) is 12.1 Å². The van der Waals surface area contributed by atoms with Crippen molar-refractivity contribution >= 4 is 29.1 Å². The van der Waals surface area contributed by atoms with Gasteiger partial charge in [-0.2, -0.15) is 0 Å². The van der Waals surface area contributed by atoms with Crippen LogP contribution in [-0.2, 0) is 6.42 Å². The maximum Gasteiger partial charge on any atom is 0.123 e. The van der Waals surface area contributed by atoms with Crippen molar-refractivity contribution in [1.82, 2.24) is 0 Å². The first kappa shape index (κ1) is 13.6. The Bertz CT molecular complexity index is 650. The van der Waals surface area contributed by atoms with E-state index in [2.05, 4.69) is 0 Å². The Morgan fingerprint density at radius 3 is 3.00 bits per heavy atom. The van der Waals surface area contributed by atoms with Gasteiger partial charge < -0.3 is 10.5 Å². The summed E-state index contributed by atoms with van der Waals surface area (Å²) in [6.07, 6.45) is 0.760. The van der Waals surface area contributed by atoms with E-state index < -0.39 is 0 Å². The second-order valence-electron chi connectivity index (χ2n) is 4.69. The van der Waals surface area contributed by atoms with Gasteiger partial charge in [-0.05, 0) is 36.4 Å². The number of anilines is 1. The molecular formula is C15H13ClFNOS. The van der Waals surface area contributed by atoms with Crippen molar-refractivity contribution < 1.29 is 9.13 Å². The highest BCUT2D eigenvalue weighted by molar-refractivity contribution is 7.99. The number of halogens is 2. The number of ether oxygens (including phenoxy) is 1. The van der Waals surface area contributed by atoms with Crippen LogP contribution in [0.1, 0.15) is 5.56 Å². The van der Waals surface area contributed by atoms with Crippen molar-refractivity contribution in [2.24, 2.45) is 0 Å². The van der Waals surface area contributed by atoms with Crippen molar-refractivity contribution in [2.75, 3.05) is 11.5 Å². The fourth-order valence-corrected chi connectivity index (χ4v) is 3.43. The maximum absolute atomic E-state index is 13.1. The van der Waals surface area contributed by atoms with E-state index in [-0.39, 0.29) is 11.9 Å². The molecule has 2 aromatic carbocycles. The highest BCUT2D eigenvalue weighted by Gasteiger charge is 2.23. The molecule has 104 valence electrons. The van der Waals surface area contributed by atoms with Crippen molar-refractivity contribution in [1.29, 1.82) is 0 Å². The van der Waals surface area contributed by atoms with E-state index in [4.69, 9.17) is 22.1 Å². The van der Waals surface area contributed by atoms with Crippen LogP contribution in [0.2, 0.25) is 5.02 Å². The number of rotatable bonds is 3. The first-order valence-corrected chi connectivity index (χ1v) is 7.61. The van der Waals surface area contributed by atoms with Gasteiger partial charge in [-0.1, -0.05) is 11.6 Å². The van der Waals surface area contributed by atoms with E-state index in [0.29, 0.717) is 10.7 Å². The third kappa shape index (κ3) is 2.86. The van der Waals surface area contributed by atoms with E-state index in [1.54, 1.807) is 30.0 Å². The first-order valence-electron chi connectivity index (χ1n) is 6.25. The first-order chi connectivity index (χ1) is 9.61. The van der Waals surface area contributed by atoms with Gasteiger partial charge in [0.15, 0.2) is 0 Å². The molecular weight excluding hydrogens is 297 g/mol. The molecule has 0 aromatic heterocycles. The molecule has 2 nitrogen and oxygen atoms in total. The zero-order chi connectivity index (χ0) is 14.1. The molecule has 1 aliphatic rings. The van der Waals surface area contributed by atoms with Crippen LogP contribution in [-0.4, -0.2) is 11.9 Å². The van der Waals surface area contributed by atoms with Gasteiger partial charge in [-0.15, -0.1) is 11.8 Å². The second-order valence-corrected chi connectivity index (χ2v) is 6.19. The van der Waals surface area contributed by atoms with Gasteiger partial charge in [-0.25, -0.2) is 4.39 Å². The standard InChI is InChI=1S/C15H13ClFNOS/c16-10-1-3-13(18)15(7-10)20-8-12-6-9-5-11(17)2-4-14(9)19-12/h1-5,7,12H,6,8,18H2. The summed E-state index contributed by atoms with van der Waals surface area (Å²) in [4.78, 5) is 0.947. The Balaban J connectivity index is 1.65.